The third-order valence-electron chi connectivity index (χ3n) is 4.05. The summed E-state index contributed by atoms with van der Waals surface area (Å²) in [4.78, 5) is 22.9. The molecule has 0 saturated carbocycles. The fraction of sp³-hybridized carbons (Fsp3) is 0.143. The molecule has 0 bridgehead atoms. The molecule has 15 heteroatoms. The van der Waals surface area contributed by atoms with Crippen LogP contribution in [0.4, 0.5) is 37.7 Å². The number of nitrogens with zero attached hydrogens (tertiary/aromatic N) is 2. The minimum Gasteiger partial charge on any atom is -0.651 e. The Morgan fingerprint density at radius 1 is 0.833 bits per heavy atom. The minimum atomic E-state index is -4.87. The number of thioether (sulfide) groups is 2. The van der Waals surface area contributed by atoms with Crippen molar-refractivity contribution in [1.29, 1.82) is 0 Å². The number of fused-ring (bicyclic) bond motifs is 2. The molecule has 2 heterocycles. The first-order valence-electron chi connectivity index (χ1n) is 9.19. The van der Waals surface area contributed by atoms with Crippen LogP contribution in [-0.4, -0.2) is 31.0 Å². The third kappa shape index (κ3) is 7.87. The van der Waals surface area contributed by atoms with Crippen LogP contribution in [0.15, 0.2) is 68.4 Å². The van der Waals surface area contributed by atoms with Crippen LogP contribution >= 0.6 is 35.1 Å². The van der Waals surface area contributed by atoms with Gasteiger partial charge in [-0.15, -0.1) is 34.9 Å². The Kier molecular flexibility index (Phi) is 9.87. The zero-order valence-corrected chi connectivity index (χ0v) is 21.0. The van der Waals surface area contributed by atoms with Crippen molar-refractivity contribution in [2.45, 2.75) is 22.1 Å². The second-order valence-electron chi connectivity index (χ2n) is 6.56. The van der Waals surface area contributed by atoms with E-state index in [9.17, 15) is 35.9 Å². The fourth-order valence-corrected chi connectivity index (χ4v) is 4.41. The molecule has 4 rings (SSSR count). The monoisotopic (exact) mass is 611 g/mol. The van der Waals surface area contributed by atoms with Gasteiger partial charge < -0.3 is 15.4 Å². The van der Waals surface area contributed by atoms with Crippen LogP contribution in [-0.2, 0) is 26.4 Å². The smallest absolute Gasteiger partial charge is 0.651 e. The van der Waals surface area contributed by atoms with E-state index in [0.29, 0.717) is 44.1 Å². The van der Waals surface area contributed by atoms with Crippen molar-refractivity contribution in [2.75, 3.05) is 7.11 Å². The van der Waals surface area contributed by atoms with E-state index >= 15 is 0 Å². The van der Waals surface area contributed by atoms with Crippen molar-refractivity contribution in [3.8, 4) is 5.75 Å². The van der Waals surface area contributed by atoms with Crippen LogP contribution in [0.25, 0.3) is 10.6 Å². The molecule has 1 radical (unpaired) electrons. The van der Waals surface area contributed by atoms with Gasteiger partial charge in [-0.2, -0.15) is 26.3 Å². The molecule has 36 heavy (non-hydrogen) atoms. The predicted molar refractivity (Wildman–Crippen MR) is 120 cm³/mol. The first-order chi connectivity index (χ1) is 16.3. The van der Waals surface area contributed by atoms with Crippen LogP contribution in [0, 0.1) is 0 Å². The summed E-state index contributed by atoms with van der Waals surface area (Å²) in [6, 6.07) is 9.74. The summed E-state index contributed by atoms with van der Waals surface area (Å²) in [5.41, 5.74) is 0.976. The molecule has 0 aromatic heterocycles. The maximum absolute atomic E-state index is 12.1. The number of benzene rings is 2. The average Bonchev–Trinajstić information content (AvgIpc) is 3.34. The molecule has 2 aliphatic heterocycles. The van der Waals surface area contributed by atoms with Crippen molar-refractivity contribution in [3.63, 3.8) is 0 Å². The number of ether oxygens (including phenoxy) is 1. The van der Waals surface area contributed by atoms with E-state index in [0.717, 1.165) is 23.5 Å². The van der Waals surface area contributed by atoms with Gasteiger partial charge in [-0.3, -0.25) is 9.59 Å². The maximum atomic E-state index is 12.1. The number of rotatable bonds is 3. The largest absolute Gasteiger partial charge is 2.00 e. The zero-order valence-electron chi connectivity index (χ0n) is 17.5. The number of allylic oxidation sites excluding steroid dienone is 2. The van der Waals surface area contributed by atoms with E-state index in [2.05, 4.69) is 10.6 Å². The quantitative estimate of drug-likeness (QED) is 0.258. The van der Waals surface area contributed by atoms with Crippen LogP contribution in [0.3, 0.4) is 0 Å². The first-order valence-corrected chi connectivity index (χ1v) is 11.2. The molecule has 0 fully saturated rings. The van der Waals surface area contributed by atoms with Crippen molar-refractivity contribution in [1.82, 2.24) is 0 Å². The van der Waals surface area contributed by atoms with Crippen LogP contribution in [0.2, 0.25) is 5.02 Å². The summed E-state index contributed by atoms with van der Waals surface area (Å²) < 4.78 is 77.3. The Hall–Kier alpha value is -2.26. The van der Waals surface area contributed by atoms with E-state index in [1.54, 1.807) is 30.3 Å². The van der Waals surface area contributed by atoms with Gasteiger partial charge in [0.2, 0.25) is 0 Å². The Balaban J connectivity index is 0.000000247. The topological polar surface area (TPSA) is 71.6 Å². The van der Waals surface area contributed by atoms with Gasteiger partial charge in [-0.05, 0) is 52.3 Å². The zero-order chi connectivity index (χ0) is 26.0. The van der Waals surface area contributed by atoms with E-state index in [1.807, 2.05) is 0 Å². The van der Waals surface area contributed by atoms with Gasteiger partial charge in [0.25, 0.3) is 11.6 Å². The Morgan fingerprint density at radius 2 is 1.28 bits per heavy atom. The second kappa shape index (κ2) is 11.9. The van der Waals surface area contributed by atoms with Gasteiger partial charge in [0, 0.05) is 5.02 Å². The van der Waals surface area contributed by atoms with Gasteiger partial charge in [0.1, 0.15) is 5.75 Å². The second-order valence-corrected chi connectivity index (χ2v) is 9.12. The predicted octanol–water partition coefficient (Wildman–Crippen LogP) is 8.20. The molecular weight excluding hydrogens is 601 g/mol. The van der Waals surface area contributed by atoms with Gasteiger partial charge in [-0.1, -0.05) is 27.7 Å². The number of carbonyl (C=O) groups excluding carboxylic acids is 2. The number of alkyl halides is 6. The standard InChI is InChI=1S/C11H8F3NO2S.C10H5ClF3NOS.Co/c1-17-6-2-3-8-7(4-6)15-10(18-8)5-9(16)11(12,13)14;11-5-1-2-7-6(3-5)15-9(17-7)4-8(16)10(12,13)14;/h2-5H,1H3,(H,15,16);1-4H,(H,15,16);/q;;+2/p-2. The van der Waals surface area contributed by atoms with Gasteiger partial charge >= 0.3 is 29.1 Å². The summed E-state index contributed by atoms with van der Waals surface area (Å²) >= 11 is 7.74. The van der Waals surface area contributed by atoms with E-state index in [4.69, 9.17) is 16.3 Å². The van der Waals surface area contributed by atoms with E-state index < -0.39 is 23.9 Å². The van der Waals surface area contributed by atoms with Crippen LogP contribution < -0.4 is 4.74 Å². The molecule has 0 aliphatic carbocycles. The molecule has 2 aromatic rings. The Morgan fingerprint density at radius 3 is 1.72 bits per heavy atom. The number of halogens is 7. The number of hydrogen-bond acceptors (Lipinski definition) is 5. The fourth-order valence-electron chi connectivity index (χ4n) is 2.48. The summed E-state index contributed by atoms with van der Waals surface area (Å²) in [6.45, 7) is 0. The number of hydrogen-bond donors (Lipinski definition) is 0. The maximum Gasteiger partial charge on any atom is 2.00 e. The Labute approximate surface area is 224 Å². The summed E-state index contributed by atoms with van der Waals surface area (Å²) in [5, 5.41) is 8.31. The van der Waals surface area contributed by atoms with Gasteiger partial charge in [-0.25, -0.2) is 0 Å². The number of ketones is 2. The number of carbonyl (C=O) groups is 2. The van der Waals surface area contributed by atoms with Gasteiger partial charge in [0.15, 0.2) is 0 Å². The summed E-state index contributed by atoms with van der Waals surface area (Å²) in [7, 11) is 1.48. The molecule has 193 valence electrons. The van der Waals surface area contributed by atoms with Gasteiger partial charge in [0.05, 0.1) is 7.11 Å². The first kappa shape index (κ1) is 30.0. The molecule has 0 atom stereocenters. The van der Waals surface area contributed by atoms with Crippen LogP contribution in [0.5, 0.6) is 5.75 Å². The van der Waals surface area contributed by atoms with Crippen molar-refractivity contribution in [3.05, 3.63) is 74.3 Å². The summed E-state index contributed by atoms with van der Waals surface area (Å²) in [6.07, 6.45) is -8.75. The normalized spacial score (nSPS) is 16.1. The number of methoxy groups -OCH3 is 1. The van der Waals surface area contributed by atoms with Crippen molar-refractivity contribution < 1.29 is 57.4 Å². The molecule has 5 nitrogen and oxygen atoms in total. The molecule has 2 aliphatic rings. The average molecular weight is 612 g/mol. The molecule has 0 spiro atoms. The molecule has 0 saturated heterocycles. The van der Waals surface area contributed by atoms with E-state index in [1.165, 1.54) is 13.2 Å². The molecule has 0 N–H and O–H groups in total. The van der Waals surface area contributed by atoms with E-state index in [-0.39, 0.29) is 26.8 Å². The SMILES string of the molecule is COc1ccc2c(c1)[N-]/C(=C\C(=O)C(F)(F)F)S2.O=C(/C=C1\[N-]c2cc(Cl)ccc2S1)C(F)(F)F.[Co+2]. The molecule has 0 unspecified atom stereocenters. The Bertz CT molecular complexity index is 1240. The molecule has 0 amide bonds. The third-order valence-corrected chi connectivity index (χ3v) is 6.25. The van der Waals surface area contributed by atoms with Crippen LogP contribution in [0.1, 0.15) is 0 Å². The molecule has 2 aromatic carbocycles. The molecular formula is C21H11ClCoF6N2O3S2. The van der Waals surface area contributed by atoms with Crippen molar-refractivity contribution >= 4 is 58.1 Å². The summed E-state index contributed by atoms with van der Waals surface area (Å²) in [5.74, 6) is -3.27. The minimum absolute atomic E-state index is 0. The van der Waals surface area contributed by atoms with Crippen molar-refractivity contribution in [2.24, 2.45) is 0 Å².